The summed E-state index contributed by atoms with van der Waals surface area (Å²) in [5, 5.41) is 27.6. The molecule has 6 rings (SSSR count). The zero-order valence-corrected chi connectivity index (χ0v) is 28.8. The second-order valence-electron chi connectivity index (χ2n) is 12.5. The minimum absolute atomic E-state index is 0.0205. The first-order chi connectivity index (χ1) is 25.3. The summed E-state index contributed by atoms with van der Waals surface area (Å²) in [5.74, 6) is -2.93. The van der Waals surface area contributed by atoms with Gasteiger partial charge in [0.2, 0.25) is 23.3 Å². The van der Waals surface area contributed by atoms with E-state index in [1.54, 1.807) is 29.9 Å². The molecule has 6 N–H and O–H groups in total. The van der Waals surface area contributed by atoms with Crippen molar-refractivity contribution in [3.05, 3.63) is 86.2 Å². The number of nitrogens with two attached hydrogens (primary N) is 1. The highest BCUT2D eigenvalue weighted by Crippen LogP contribution is 2.41. The number of aryl methyl sites for hydroxylation is 1. The minimum atomic E-state index is -2.23. The van der Waals surface area contributed by atoms with Crippen LogP contribution in [0.15, 0.2) is 41.3 Å². The van der Waals surface area contributed by atoms with Gasteiger partial charge in [0, 0.05) is 22.6 Å². The van der Waals surface area contributed by atoms with E-state index < -0.39 is 40.7 Å². The second kappa shape index (κ2) is 15.0. The predicted molar refractivity (Wildman–Crippen MR) is 182 cm³/mol. The number of aromatic nitrogens is 5. The summed E-state index contributed by atoms with van der Waals surface area (Å²) in [7, 11) is 0. The Morgan fingerprint density at radius 1 is 1.09 bits per heavy atom. The lowest BCUT2D eigenvalue weighted by atomic mass is 9.83. The number of esters is 1. The zero-order chi connectivity index (χ0) is 38.0. The third-order valence-corrected chi connectivity index (χ3v) is 8.86. The largest absolute Gasteiger partial charge is 0.458 e. The van der Waals surface area contributed by atoms with Gasteiger partial charge < -0.3 is 45.6 Å². The van der Waals surface area contributed by atoms with Crippen molar-refractivity contribution in [2.75, 3.05) is 33.2 Å². The van der Waals surface area contributed by atoms with Crippen LogP contribution in [0.5, 0.6) is 0 Å². The van der Waals surface area contributed by atoms with Crippen LogP contribution in [-0.4, -0.2) is 86.5 Å². The fourth-order valence-electron chi connectivity index (χ4n) is 6.05. The summed E-state index contributed by atoms with van der Waals surface area (Å²) in [6, 6.07) is 4.54. The van der Waals surface area contributed by atoms with Gasteiger partial charge in [-0.2, -0.15) is 0 Å². The van der Waals surface area contributed by atoms with Crippen molar-refractivity contribution in [2.45, 2.75) is 45.8 Å². The number of amides is 3. The van der Waals surface area contributed by atoms with E-state index in [4.69, 9.17) is 24.9 Å². The maximum Gasteiger partial charge on any atom is 0.347 e. The fraction of sp³-hybridized carbons (Fsp3) is 0.353. The molecule has 0 saturated heterocycles. The Balaban J connectivity index is 1.15. The van der Waals surface area contributed by atoms with Gasteiger partial charge in [0.05, 0.1) is 61.5 Å². The molecule has 0 fully saturated rings. The third-order valence-electron chi connectivity index (χ3n) is 8.86. The van der Waals surface area contributed by atoms with Crippen LogP contribution in [0, 0.1) is 12.7 Å². The highest BCUT2D eigenvalue weighted by Gasteiger charge is 2.47. The average molecular weight is 734 g/mol. The van der Waals surface area contributed by atoms with Crippen molar-refractivity contribution < 1.29 is 42.9 Å². The number of fused-ring (bicyclic) bond motifs is 5. The van der Waals surface area contributed by atoms with E-state index in [0.717, 1.165) is 0 Å². The number of benzene rings is 1. The van der Waals surface area contributed by atoms with Crippen LogP contribution in [0.1, 0.15) is 40.4 Å². The molecule has 2 aliphatic rings. The lowest BCUT2D eigenvalue weighted by Crippen LogP contribution is -2.45. The molecule has 0 unspecified atom stereocenters. The molecule has 0 spiro atoms. The van der Waals surface area contributed by atoms with Crippen molar-refractivity contribution in [1.29, 1.82) is 0 Å². The molecule has 4 aromatic rings. The van der Waals surface area contributed by atoms with Crippen LogP contribution < -0.4 is 27.2 Å². The van der Waals surface area contributed by atoms with E-state index in [1.807, 2.05) is 0 Å². The van der Waals surface area contributed by atoms with Gasteiger partial charge in [-0.1, -0.05) is 11.8 Å². The standard InChI is InChI=1S/C34H36FN9O9/c1-17(2)34(50)24-5-27-31-22(11-44(27)32(48)23(24)13-53-33(34)49)21(20-4-18(3)25(35)6-26(20)40-31)10-43-9-19(41-42-43)12-51-16-39-29(46)8-37-30(47)14-52-15-38-28(45)7-36/h4-6,9,50H,1,7-8,10-16,36H2,2-3H3,(H,37,47)(H,38,45)(H,39,46)/t34-/m0/s1. The first-order valence-corrected chi connectivity index (χ1v) is 16.3. The molecule has 1 atom stereocenters. The topological polar surface area (TPSA) is 244 Å². The molecule has 0 radical (unpaired) electrons. The summed E-state index contributed by atoms with van der Waals surface area (Å²) in [4.78, 5) is 66.2. The van der Waals surface area contributed by atoms with Gasteiger partial charge in [0.15, 0.2) is 0 Å². The van der Waals surface area contributed by atoms with E-state index in [-0.39, 0.29) is 76.2 Å². The Labute approximate surface area is 300 Å². The maximum atomic E-state index is 14.9. The molecule has 53 heavy (non-hydrogen) atoms. The number of halogens is 1. The molecule has 5 heterocycles. The monoisotopic (exact) mass is 733 g/mol. The molecule has 0 bridgehead atoms. The smallest absolute Gasteiger partial charge is 0.347 e. The van der Waals surface area contributed by atoms with Gasteiger partial charge in [0.1, 0.15) is 38.2 Å². The Morgan fingerprint density at radius 2 is 1.85 bits per heavy atom. The molecule has 18 nitrogen and oxygen atoms in total. The van der Waals surface area contributed by atoms with E-state index in [1.165, 1.54) is 17.6 Å². The number of hydrogen-bond acceptors (Lipinski definition) is 13. The summed E-state index contributed by atoms with van der Waals surface area (Å²) in [5.41, 5.74) is 5.99. The minimum Gasteiger partial charge on any atom is -0.458 e. The van der Waals surface area contributed by atoms with Crippen molar-refractivity contribution in [3.8, 4) is 11.4 Å². The van der Waals surface area contributed by atoms with Crippen LogP contribution in [0.4, 0.5) is 4.39 Å². The second-order valence-corrected chi connectivity index (χ2v) is 12.5. The zero-order valence-electron chi connectivity index (χ0n) is 28.8. The number of nitrogens with zero attached hydrogens (tertiary/aromatic N) is 5. The van der Waals surface area contributed by atoms with Crippen molar-refractivity contribution >= 4 is 34.6 Å². The van der Waals surface area contributed by atoms with Crippen molar-refractivity contribution in [1.82, 2.24) is 40.5 Å². The molecular weight excluding hydrogens is 697 g/mol. The quantitative estimate of drug-likeness (QED) is 0.0402. The van der Waals surface area contributed by atoms with Crippen LogP contribution in [0.2, 0.25) is 0 Å². The highest BCUT2D eigenvalue weighted by atomic mass is 19.1. The number of carbonyl (C=O) groups excluding carboxylic acids is 4. The maximum absolute atomic E-state index is 14.9. The fourth-order valence-corrected chi connectivity index (χ4v) is 6.05. The number of cyclic esters (lactones) is 1. The van der Waals surface area contributed by atoms with Gasteiger partial charge in [-0.05, 0) is 42.7 Å². The van der Waals surface area contributed by atoms with Gasteiger partial charge in [0.25, 0.3) is 5.56 Å². The average Bonchev–Trinajstić information content (AvgIpc) is 3.74. The van der Waals surface area contributed by atoms with E-state index in [9.17, 15) is 33.5 Å². The van der Waals surface area contributed by atoms with Crippen LogP contribution >= 0.6 is 0 Å². The first-order valence-electron chi connectivity index (χ1n) is 16.3. The molecule has 0 saturated carbocycles. The molecule has 278 valence electrons. The van der Waals surface area contributed by atoms with E-state index in [2.05, 4.69) is 32.8 Å². The summed E-state index contributed by atoms with van der Waals surface area (Å²) >= 11 is 0. The molecular formula is C34H36FN9O9. The van der Waals surface area contributed by atoms with E-state index in [0.29, 0.717) is 44.7 Å². The number of nitrogens with one attached hydrogen (secondary N) is 3. The van der Waals surface area contributed by atoms with Crippen molar-refractivity contribution in [2.24, 2.45) is 5.73 Å². The number of pyridine rings is 2. The molecule has 3 aromatic heterocycles. The molecule has 3 amide bonds. The van der Waals surface area contributed by atoms with Crippen LogP contribution in [0.3, 0.4) is 0 Å². The van der Waals surface area contributed by atoms with E-state index >= 15 is 0 Å². The van der Waals surface area contributed by atoms with Gasteiger partial charge in [-0.3, -0.25) is 19.2 Å². The predicted octanol–water partition coefficient (Wildman–Crippen LogP) is -0.911. The van der Waals surface area contributed by atoms with Gasteiger partial charge in [-0.15, -0.1) is 5.10 Å². The molecule has 19 heteroatoms. The number of rotatable bonds is 14. The lowest BCUT2D eigenvalue weighted by molar-refractivity contribution is -0.167. The number of hydrogen-bond donors (Lipinski definition) is 5. The number of carbonyl (C=O) groups is 4. The van der Waals surface area contributed by atoms with Gasteiger partial charge >= 0.3 is 5.97 Å². The summed E-state index contributed by atoms with van der Waals surface area (Å²) in [6.45, 7) is 5.48. The van der Waals surface area contributed by atoms with Crippen LogP contribution in [0.25, 0.3) is 22.3 Å². The lowest BCUT2D eigenvalue weighted by Gasteiger charge is -2.33. The molecule has 2 aliphatic heterocycles. The first kappa shape index (κ1) is 36.9. The normalized spacial score (nSPS) is 15.7. The Kier molecular flexibility index (Phi) is 10.4. The van der Waals surface area contributed by atoms with Gasteiger partial charge in [-0.25, -0.2) is 18.9 Å². The SMILES string of the molecule is C=C(C)[C@@]1(O)C(=O)OCc2c1cc1n(c2=O)Cc2c-1nc1cc(F)c(C)cc1c2Cn1cc(COCNC(=O)CNC(=O)COCNC(=O)CN)nn1. The Morgan fingerprint density at radius 3 is 2.60 bits per heavy atom. The highest BCUT2D eigenvalue weighted by molar-refractivity contribution is 5.90. The summed E-state index contributed by atoms with van der Waals surface area (Å²) < 4.78 is 33.5. The molecule has 0 aliphatic carbocycles. The Bertz CT molecular complexity index is 2230. The number of ether oxygens (including phenoxy) is 3. The van der Waals surface area contributed by atoms with Crippen LogP contribution in [-0.2, 0) is 65.3 Å². The summed E-state index contributed by atoms with van der Waals surface area (Å²) in [6.07, 6.45) is 1.63. The molecule has 1 aromatic carbocycles. The van der Waals surface area contributed by atoms with Crippen molar-refractivity contribution in [3.63, 3.8) is 0 Å². The number of aliphatic hydroxyl groups is 1. The Hall–Kier alpha value is -5.89. The third kappa shape index (κ3) is 7.27.